The van der Waals surface area contributed by atoms with Crippen LogP contribution in [0.5, 0.6) is 0 Å². The molecule has 4 rings (SSSR count). The third-order valence-electron chi connectivity index (χ3n) is 7.52. The Morgan fingerprint density at radius 3 is 2.09 bits per heavy atom. The number of sulfone groups is 1. The maximum absolute atomic E-state index is 14.8. The van der Waals surface area contributed by atoms with Crippen molar-refractivity contribution in [1.82, 2.24) is 0 Å². The molecule has 0 heterocycles. The first-order valence-electron chi connectivity index (χ1n) is 12.0. The Bertz CT molecular complexity index is 1200. The zero-order chi connectivity index (χ0) is 25.6. The molecule has 2 aromatic carbocycles. The fourth-order valence-electron chi connectivity index (χ4n) is 4.89. The van der Waals surface area contributed by atoms with Gasteiger partial charge in [-0.2, -0.15) is 0 Å². The van der Waals surface area contributed by atoms with Crippen LogP contribution in [0.25, 0.3) is 0 Å². The second-order valence-electron chi connectivity index (χ2n) is 10.9. The fraction of sp³-hybridized carbons (Fsp3) is 0.519. The van der Waals surface area contributed by atoms with Gasteiger partial charge in [-0.1, -0.05) is 12.1 Å². The van der Waals surface area contributed by atoms with Gasteiger partial charge in [0, 0.05) is 0 Å². The van der Waals surface area contributed by atoms with Crippen LogP contribution in [0, 0.1) is 17.6 Å². The van der Waals surface area contributed by atoms with Crippen LogP contribution in [0.1, 0.15) is 70.4 Å². The van der Waals surface area contributed by atoms with Crippen LogP contribution in [0.3, 0.4) is 0 Å². The molecule has 2 fully saturated rings. The molecule has 0 aliphatic heterocycles. The summed E-state index contributed by atoms with van der Waals surface area (Å²) >= 11 is 0. The van der Waals surface area contributed by atoms with Crippen molar-refractivity contribution >= 4 is 15.8 Å². The molecule has 0 spiro atoms. The Morgan fingerprint density at radius 1 is 0.971 bits per heavy atom. The molecule has 0 unspecified atom stereocenters. The summed E-state index contributed by atoms with van der Waals surface area (Å²) in [6, 6.07) is 9.32. The number of hydrogen-bond acceptors (Lipinski definition) is 4. The number of halogens is 2. The lowest BCUT2D eigenvalue weighted by Gasteiger charge is -2.45. The van der Waals surface area contributed by atoms with Gasteiger partial charge in [0.2, 0.25) is 0 Å². The Labute approximate surface area is 205 Å². The van der Waals surface area contributed by atoms with E-state index in [1.54, 1.807) is 20.8 Å². The third-order valence-corrected chi connectivity index (χ3v) is 9.99. The molecule has 2 saturated carbocycles. The highest BCUT2D eigenvalue weighted by molar-refractivity contribution is 7.92. The lowest BCUT2D eigenvalue weighted by Crippen LogP contribution is -2.46. The van der Waals surface area contributed by atoms with E-state index in [0.29, 0.717) is 23.7 Å². The van der Waals surface area contributed by atoms with E-state index in [-0.39, 0.29) is 30.6 Å². The van der Waals surface area contributed by atoms with Crippen LogP contribution in [-0.2, 0) is 30.4 Å². The van der Waals surface area contributed by atoms with Gasteiger partial charge in [-0.3, -0.25) is 4.79 Å². The van der Waals surface area contributed by atoms with E-state index in [4.69, 9.17) is 4.74 Å². The standard InChI is InChI=1S/C27H32F2O5S/c1-25(2,3)35(32,33)23-15-20(14-22(29)16-23)27(34-17-18-4-5-18)12-10-26(11-13-27,24(30)31)19-6-8-21(28)9-7-19/h6-9,14-16,18H,4-5,10-13,17H2,1-3H3,(H,30,31). The SMILES string of the molecule is CC(C)(C)S(=O)(=O)c1cc(F)cc(C2(OCC3CC3)CCC(C(=O)O)(c3ccc(F)cc3)CC2)c1. The lowest BCUT2D eigenvalue weighted by atomic mass is 9.63. The molecule has 35 heavy (non-hydrogen) atoms. The van der Waals surface area contributed by atoms with E-state index in [2.05, 4.69) is 0 Å². The number of rotatable bonds is 7. The van der Waals surface area contributed by atoms with Crippen molar-refractivity contribution in [1.29, 1.82) is 0 Å². The maximum atomic E-state index is 14.8. The van der Waals surface area contributed by atoms with Gasteiger partial charge in [0.1, 0.15) is 11.6 Å². The molecule has 0 amide bonds. The van der Waals surface area contributed by atoms with Crippen LogP contribution < -0.4 is 0 Å². The van der Waals surface area contributed by atoms with E-state index < -0.39 is 43.2 Å². The Kier molecular flexibility index (Phi) is 6.60. The van der Waals surface area contributed by atoms with Crippen molar-refractivity contribution in [3.63, 3.8) is 0 Å². The maximum Gasteiger partial charge on any atom is 0.314 e. The molecule has 2 aliphatic carbocycles. The highest BCUT2D eigenvalue weighted by atomic mass is 32.2. The highest BCUT2D eigenvalue weighted by Crippen LogP contribution is 2.50. The summed E-state index contributed by atoms with van der Waals surface area (Å²) in [6.07, 6.45) is 2.99. The van der Waals surface area contributed by atoms with Gasteiger partial charge in [0.25, 0.3) is 0 Å². The largest absolute Gasteiger partial charge is 0.481 e. The van der Waals surface area contributed by atoms with Crippen molar-refractivity contribution in [2.75, 3.05) is 6.61 Å². The van der Waals surface area contributed by atoms with Gasteiger partial charge in [-0.15, -0.1) is 0 Å². The molecule has 5 nitrogen and oxygen atoms in total. The second kappa shape index (κ2) is 8.96. The minimum Gasteiger partial charge on any atom is -0.481 e. The Morgan fingerprint density at radius 2 is 1.57 bits per heavy atom. The lowest BCUT2D eigenvalue weighted by molar-refractivity contribution is -0.151. The summed E-state index contributed by atoms with van der Waals surface area (Å²) in [6.45, 7) is 5.15. The Hall–Kier alpha value is -2.32. The van der Waals surface area contributed by atoms with Crippen molar-refractivity contribution in [2.24, 2.45) is 5.92 Å². The van der Waals surface area contributed by atoms with Gasteiger partial charge in [-0.25, -0.2) is 17.2 Å². The van der Waals surface area contributed by atoms with Gasteiger partial charge in [-0.05, 0) is 107 Å². The third kappa shape index (κ3) is 4.87. The molecule has 1 N–H and O–H groups in total. The predicted molar refractivity (Wildman–Crippen MR) is 128 cm³/mol. The van der Waals surface area contributed by atoms with Crippen LogP contribution in [0.15, 0.2) is 47.4 Å². The molecule has 0 atom stereocenters. The van der Waals surface area contributed by atoms with Crippen LogP contribution in [0.2, 0.25) is 0 Å². The first-order chi connectivity index (χ1) is 16.3. The summed E-state index contributed by atoms with van der Waals surface area (Å²) in [5.41, 5.74) is -1.31. The number of carboxylic acids is 1. The van der Waals surface area contributed by atoms with Gasteiger partial charge in [0.15, 0.2) is 9.84 Å². The molecule has 190 valence electrons. The van der Waals surface area contributed by atoms with Crippen molar-refractivity contribution in [2.45, 2.75) is 80.0 Å². The van der Waals surface area contributed by atoms with Gasteiger partial charge >= 0.3 is 5.97 Å². The smallest absolute Gasteiger partial charge is 0.314 e. The minimum atomic E-state index is -3.81. The summed E-state index contributed by atoms with van der Waals surface area (Å²) < 4.78 is 59.8. The zero-order valence-electron chi connectivity index (χ0n) is 20.3. The molecule has 0 radical (unpaired) electrons. The van der Waals surface area contributed by atoms with Crippen LogP contribution in [-0.4, -0.2) is 30.8 Å². The number of benzene rings is 2. The van der Waals surface area contributed by atoms with Crippen molar-refractivity contribution in [3.8, 4) is 0 Å². The molecule has 8 heteroatoms. The molecule has 0 saturated heterocycles. The van der Waals surface area contributed by atoms with Crippen molar-refractivity contribution in [3.05, 3.63) is 65.2 Å². The number of ether oxygens (including phenoxy) is 1. The fourth-order valence-corrected chi connectivity index (χ4v) is 6.15. The summed E-state index contributed by atoms with van der Waals surface area (Å²) in [7, 11) is -3.81. The second-order valence-corrected chi connectivity index (χ2v) is 13.6. The summed E-state index contributed by atoms with van der Waals surface area (Å²) in [5, 5.41) is 10.2. The zero-order valence-corrected chi connectivity index (χ0v) is 21.1. The average Bonchev–Trinajstić information content (AvgIpc) is 3.62. The average molecular weight is 507 g/mol. The molecule has 0 bridgehead atoms. The Balaban J connectivity index is 1.74. The number of aliphatic carboxylic acids is 1. The molecular formula is C27H32F2O5S. The highest BCUT2D eigenvalue weighted by Gasteiger charge is 2.50. The van der Waals surface area contributed by atoms with Gasteiger partial charge < -0.3 is 9.84 Å². The topological polar surface area (TPSA) is 80.7 Å². The van der Waals surface area contributed by atoms with E-state index in [9.17, 15) is 27.1 Å². The summed E-state index contributed by atoms with van der Waals surface area (Å²) in [5.74, 6) is -1.72. The molecular weight excluding hydrogens is 474 g/mol. The number of carbonyl (C=O) groups is 1. The normalized spacial score (nSPS) is 25.4. The molecule has 2 aliphatic rings. The molecule has 2 aromatic rings. The van der Waals surface area contributed by atoms with E-state index >= 15 is 0 Å². The first-order valence-corrected chi connectivity index (χ1v) is 13.5. The predicted octanol–water partition coefficient (Wildman–Crippen LogP) is 5.76. The molecule has 0 aromatic heterocycles. The monoisotopic (exact) mass is 506 g/mol. The van der Waals surface area contributed by atoms with E-state index in [0.717, 1.165) is 18.9 Å². The van der Waals surface area contributed by atoms with Gasteiger partial charge in [0.05, 0.1) is 27.3 Å². The summed E-state index contributed by atoms with van der Waals surface area (Å²) in [4.78, 5) is 12.4. The quantitative estimate of drug-likeness (QED) is 0.517. The number of hydrogen-bond donors (Lipinski definition) is 1. The number of carboxylic acid groups (broad SMARTS) is 1. The van der Waals surface area contributed by atoms with Crippen molar-refractivity contribution < 1.29 is 31.8 Å². The van der Waals surface area contributed by atoms with Crippen LogP contribution in [0.4, 0.5) is 8.78 Å². The van der Waals surface area contributed by atoms with E-state index in [1.165, 1.54) is 36.4 Å². The van der Waals surface area contributed by atoms with E-state index in [1.807, 2.05) is 0 Å². The van der Waals surface area contributed by atoms with Crippen LogP contribution >= 0.6 is 0 Å². The minimum absolute atomic E-state index is 0.108. The first kappa shape index (κ1) is 25.8.